The van der Waals surface area contributed by atoms with E-state index in [2.05, 4.69) is 5.32 Å². The van der Waals surface area contributed by atoms with Crippen LogP contribution in [0.2, 0.25) is 0 Å². The number of carbonyl (C=O) groups is 3. The van der Waals surface area contributed by atoms with Gasteiger partial charge < -0.3 is 9.73 Å². The molecule has 5 rings (SSSR count). The Hall–Kier alpha value is -4.19. The molecule has 6 heteroatoms. The zero-order valence-corrected chi connectivity index (χ0v) is 18.1. The number of hydrogen-bond acceptors (Lipinski definition) is 4. The third kappa shape index (κ3) is 3.49. The van der Waals surface area contributed by atoms with E-state index in [0.29, 0.717) is 16.7 Å². The van der Waals surface area contributed by atoms with Crippen LogP contribution in [0.15, 0.2) is 89.3 Å². The van der Waals surface area contributed by atoms with Crippen LogP contribution in [0.25, 0.3) is 11.0 Å². The normalized spacial score (nSPS) is 18.0. The van der Waals surface area contributed by atoms with Crippen molar-refractivity contribution in [3.05, 3.63) is 107 Å². The van der Waals surface area contributed by atoms with Crippen molar-refractivity contribution in [3.8, 4) is 0 Å². The number of para-hydroxylation sites is 1. The highest BCUT2D eigenvalue weighted by atomic mass is 16.3. The SMILES string of the molecule is Cc1c(C(=O)CN2C(=O)NC(Cc3ccccc3)(c3ccccc3)C2=O)oc2ccccc12. The van der Waals surface area contributed by atoms with Crippen molar-refractivity contribution in [3.63, 3.8) is 0 Å². The molecule has 3 aromatic carbocycles. The first-order chi connectivity index (χ1) is 16.0. The number of aryl methyl sites for hydroxylation is 1. The summed E-state index contributed by atoms with van der Waals surface area (Å²) in [5, 5.41) is 3.72. The third-order valence-corrected chi connectivity index (χ3v) is 6.15. The Bertz CT molecular complexity index is 1360. The van der Waals surface area contributed by atoms with E-state index in [1.165, 1.54) is 0 Å². The van der Waals surface area contributed by atoms with Crippen LogP contribution in [-0.2, 0) is 16.8 Å². The van der Waals surface area contributed by atoms with Gasteiger partial charge in [-0.2, -0.15) is 0 Å². The quantitative estimate of drug-likeness (QED) is 0.352. The number of amides is 3. The number of rotatable bonds is 6. The highest BCUT2D eigenvalue weighted by Crippen LogP contribution is 2.33. The van der Waals surface area contributed by atoms with Crippen LogP contribution in [0, 0.1) is 6.92 Å². The van der Waals surface area contributed by atoms with Crippen LogP contribution in [0.4, 0.5) is 4.79 Å². The van der Waals surface area contributed by atoms with Gasteiger partial charge in [0.25, 0.3) is 5.91 Å². The second-order valence-corrected chi connectivity index (χ2v) is 8.23. The van der Waals surface area contributed by atoms with Crippen LogP contribution in [0.1, 0.15) is 27.2 Å². The molecule has 1 atom stereocenters. The summed E-state index contributed by atoms with van der Waals surface area (Å²) in [4.78, 5) is 40.8. The molecule has 33 heavy (non-hydrogen) atoms. The van der Waals surface area contributed by atoms with Gasteiger partial charge in [-0.1, -0.05) is 78.9 Å². The summed E-state index contributed by atoms with van der Waals surface area (Å²) in [5.74, 6) is -0.711. The number of imide groups is 1. The predicted octanol–water partition coefficient (Wildman–Crippen LogP) is 4.61. The molecular weight excluding hydrogens is 416 g/mol. The number of fused-ring (bicyclic) bond motifs is 1. The van der Waals surface area contributed by atoms with E-state index in [4.69, 9.17) is 4.42 Å². The lowest BCUT2D eigenvalue weighted by atomic mass is 9.83. The van der Waals surface area contributed by atoms with Gasteiger partial charge in [0.15, 0.2) is 11.3 Å². The Morgan fingerprint density at radius 3 is 2.24 bits per heavy atom. The first-order valence-corrected chi connectivity index (χ1v) is 10.7. The van der Waals surface area contributed by atoms with Crippen molar-refractivity contribution in [1.29, 1.82) is 0 Å². The van der Waals surface area contributed by atoms with E-state index in [1.54, 1.807) is 13.0 Å². The maximum absolute atomic E-state index is 13.7. The summed E-state index contributed by atoms with van der Waals surface area (Å²) >= 11 is 0. The highest BCUT2D eigenvalue weighted by Gasteiger charge is 2.52. The van der Waals surface area contributed by atoms with Gasteiger partial charge in [0.2, 0.25) is 5.78 Å². The fraction of sp³-hybridized carbons (Fsp3) is 0.148. The Labute approximate surface area is 190 Å². The predicted molar refractivity (Wildman–Crippen MR) is 124 cm³/mol. The van der Waals surface area contributed by atoms with Crippen LogP contribution in [0.5, 0.6) is 0 Å². The van der Waals surface area contributed by atoms with Crippen molar-refractivity contribution in [1.82, 2.24) is 10.2 Å². The van der Waals surface area contributed by atoms with Gasteiger partial charge in [0, 0.05) is 17.4 Å². The maximum Gasteiger partial charge on any atom is 0.325 e. The molecule has 6 nitrogen and oxygen atoms in total. The van der Waals surface area contributed by atoms with E-state index in [1.807, 2.05) is 78.9 Å². The Morgan fingerprint density at radius 1 is 0.909 bits per heavy atom. The molecule has 1 N–H and O–H groups in total. The van der Waals surface area contributed by atoms with Gasteiger partial charge >= 0.3 is 6.03 Å². The van der Waals surface area contributed by atoms with Crippen molar-refractivity contribution in [2.75, 3.05) is 6.54 Å². The largest absolute Gasteiger partial charge is 0.453 e. The number of ketones is 1. The van der Waals surface area contributed by atoms with Gasteiger partial charge in [-0.3, -0.25) is 14.5 Å². The lowest BCUT2D eigenvalue weighted by Gasteiger charge is -2.27. The molecule has 0 spiro atoms. The van der Waals surface area contributed by atoms with Crippen molar-refractivity contribution < 1.29 is 18.8 Å². The molecule has 0 bridgehead atoms. The summed E-state index contributed by atoms with van der Waals surface area (Å²) < 4.78 is 5.75. The van der Waals surface area contributed by atoms with E-state index < -0.39 is 29.8 Å². The molecule has 1 saturated heterocycles. The fourth-order valence-electron chi connectivity index (χ4n) is 4.47. The van der Waals surface area contributed by atoms with E-state index in [9.17, 15) is 14.4 Å². The first-order valence-electron chi connectivity index (χ1n) is 10.7. The number of Topliss-reactive ketones (excluding diaryl/α,β-unsaturated/α-hetero) is 1. The van der Waals surface area contributed by atoms with Crippen LogP contribution >= 0.6 is 0 Å². The molecule has 1 aliphatic heterocycles. The van der Waals surface area contributed by atoms with E-state index in [0.717, 1.165) is 15.8 Å². The molecule has 1 aromatic heterocycles. The first kappa shape index (κ1) is 20.7. The van der Waals surface area contributed by atoms with Gasteiger partial charge in [-0.25, -0.2) is 4.79 Å². The number of nitrogens with zero attached hydrogens (tertiary/aromatic N) is 1. The Kier molecular flexibility index (Phi) is 5.05. The maximum atomic E-state index is 13.7. The molecule has 4 aromatic rings. The number of nitrogens with one attached hydrogen (secondary N) is 1. The smallest absolute Gasteiger partial charge is 0.325 e. The molecule has 1 aliphatic rings. The van der Waals surface area contributed by atoms with Crippen LogP contribution in [0.3, 0.4) is 0 Å². The fourth-order valence-corrected chi connectivity index (χ4v) is 4.47. The number of hydrogen-bond donors (Lipinski definition) is 1. The molecule has 164 valence electrons. The molecule has 2 heterocycles. The monoisotopic (exact) mass is 438 g/mol. The summed E-state index contributed by atoms with van der Waals surface area (Å²) in [6.07, 6.45) is 0.275. The lowest BCUT2D eigenvalue weighted by Crippen LogP contribution is -2.46. The molecule has 0 radical (unpaired) electrons. The van der Waals surface area contributed by atoms with Gasteiger partial charge in [-0.15, -0.1) is 0 Å². The summed E-state index contributed by atoms with van der Waals surface area (Å²) in [5.41, 5.74) is 1.57. The Balaban J connectivity index is 1.49. The number of furan rings is 1. The summed E-state index contributed by atoms with van der Waals surface area (Å²) in [6, 6.07) is 25.4. The highest BCUT2D eigenvalue weighted by molar-refractivity contribution is 6.12. The molecule has 0 aliphatic carbocycles. The minimum atomic E-state index is -1.29. The molecule has 1 fully saturated rings. The average Bonchev–Trinajstić information content (AvgIpc) is 3.30. The number of benzene rings is 3. The summed E-state index contributed by atoms with van der Waals surface area (Å²) in [7, 11) is 0. The van der Waals surface area contributed by atoms with Crippen molar-refractivity contribution >= 4 is 28.7 Å². The lowest BCUT2D eigenvalue weighted by molar-refractivity contribution is -0.131. The second kappa shape index (κ2) is 8.06. The topological polar surface area (TPSA) is 79.6 Å². The van der Waals surface area contributed by atoms with Gasteiger partial charge in [-0.05, 0) is 24.1 Å². The van der Waals surface area contributed by atoms with E-state index >= 15 is 0 Å². The standard InChI is InChI=1S/C27H22N2O4/c1-18-21-14-8-9-15-23(21)33-24(18)22(30)17-29-25(31)27(28-26(29)32,20-12-6-3-7-13-20)16-19-10-4-2-5-11-19/h2-15H,16-17H2,1H3,(H,28,32). The second-order valence-electron chi connectivity index (χ2n) is 8.23. The van der Waals surface area contributed by atoms with Crippen LogP contribution < -0.4 is 5.32 Å². The summed E-state index contributed by atoms with van der Waals surface area (Å²) in [6.45, 7) is 1.41. The van der Waals surface area contributed by atoms with Crippen molar-refractivity contribution in [2.45, 2.75) is 18.9 Å². The molecule has 0 saturated carbocycles. The van der Waals surface area contributed by atoms with E-state index in [-0.39, 0.29) is 12.2 Å². The molecule has 3 amide bonds. The third-order valence-electron chi connectivity index (χ3n) is 6.15. The average molecular weight is 438 g/mol. The Morgan fingerprint density at radius 2 is 1.55 bits per heavy atom. The van der Waals surface area contributed by atoms with Gasteiger partial charge in [0.05, 0.1) is 6.54 Å². The van der Waals surface area contributed by atoms with Crippen LogP contribution in [-0.4, -0.2) is 29.2 Å². The molecule has 1 unspecified atom stereocenters. The van der Waals surface area contributed by atoms with Crippen molar-refractivity contribution in [2.24, 2.45) is 0 Å². The van der Waals surface area contributed by atoms with Gasteiger partial charge in [0.1, 0.15) is 5.58 Å². The zero-order valence-electron chi connectivity index (χ0n) is 18.1. The minimum absolute atomic E-state index is 0.164. The minimum Gasteiger partial charge on any atom is -0.453 e. The number of urea groups is 1. The zero-order chi connectivity index (χ0) is 23.0. The number of carbonyl (C=O) groups excluding carboxylic acids is 3. The molecular formula is C27H22N2O4.